The first-order valence-electron chi connectivity index (χ1n) is 23.1. The van der Waals surface area contributed by atoms with Crippen molar-refractivity contribution < 1.29 is 58.1 Å². The minimum absolute atomic E-state index is 0.0323. The molecule has 4 saturated heterocycles. The molecule has 0 unspecified atom stereocenters. The van der Waals surface area contributed by atoms with Crippen LogP contribution in [0.25, 0.3) is 0 Å². The Hall–Kier alpha value is -2.24. The van der Waals surface area contributed by atoms with E-state index in [1.807, 2.05) is 53.7 Å². The van der Waals surface area contributed by atoms with Crippen molar-refractivity contribution in [3.05, 3.63) is 12.2 Å². The van der Waals surface area contributed by atoms with Crippen molar-refractivity contribution in [2.75, 3.05) is 6.61 Å². The van der Waals surface area contributed by atoms with Crippen LogP contribution in [0.5, 0.6) is 0 Å². The fraction of sp³-hybridized carbons (Fsp3) is 0.870. The van der Waals surface area contributed by atoms with E-state index in [0.29, 0.717) is 57.8 Å². The first kappa shape index (κ1) is 49.8. The molecule has 5 aliphatic rings. The first-order valence-corrected chi connectivity index (χ1v) is 23.5. The molecule has 5 N–H and O–H groups in total. The number of hydrogen-bond donors (Lipinski definition) is 5. The van der Waals surface area contributed by atoms with Crippen molar-refractivity contribution in [1.29, 1.82) is 0 Å². The van der Waals surface area contributed by atoms with Crippen molar-refractivity contribution in [3.8, 4) is 0 Å². The highest BCUT2D eigenvalue weighted by atomic mass is 32.1. The molecule has 5 rings (SSSR count). The zero-order chi connectivity index (χ0) is 45.2. The Morgan fingerprint density at radius 1 is 0.918 bits per heavy atom. The van der Waals surface area contributed by atoms with Crippen LogP contribution in [0.2, 0.25) is 0 Å². The Morgan fingerprint density at radius 2 is 1.61 bits per heavy atom. The van der Waals surface area contributed by atoms with Crippen LogP contribution in [0.4, 0.5) is 4.79 Å². The van der Waals surface area contributed by atoms with Crippen LogP contribution in [-0.2, 0) is 38.0 Å². The number of carbonyl (C=O) groups is 3. The van der Waals surface area contributed by atoms with Crippen LogP contribution < -0.4 is 10.6 Å². The van der Waals surface area contributed by atoms with E-state index in [4.69, 9.17) is 40.6 Å². The van der Waals surface area contributed by atoms with E-state index in [0.717, 1.165) is 6.42 Å². The second-order valence-electron chi connectivity index (χ2n) is 19.3. The number of thiocarbonyl (C=S) groups is 1. The number of aliphatic hydroxyl groups excluding tert-OH is 1. The number of nitrogens with one attached hydrogen (secondary N) is 2. The highest BCUT2D eigenvalue weighted by molar-refractivity contribution is 7.80. The molecule has 0 aliphatic carbocycles. The van der Waals surface area contributed by atoms with Gasteiger partial charge >= 0.3 is 12.1 Å². The highest BCUT2D eigenvalue weighted by Gasteiger charge is 2.63. The predicted octanol–water partition coefficient (Wildman–Crippen LogP) is 6.82. The van der Waals surface area contributed by atoms with Crippen LogP contribution in [0.15, 0.2) is 12.2 Å². The van der Waals surface area contributed by atoms with E-state index in [-0.39, 0.29) is 41.4 Å². The topological polar surface area (TPSA) is 191 Å². The lowest BCUT2D eigenvalue weighted by Gasteiger charge is -2.55. The third-order valence-electron chi connectivity index (χ3n) is 15.3. The van der Waals surface area contributed by atoms with Crippen molar-refractivity contribution in [2.45, 2.75) is 206 Å². The number of carbonyl (C=O) groups excluding carboxylic acids is 2. The van der Waals surface area contributed by atoms with Gasteiger partial charge in [0.05, 0.1) is 60.4 Å². The Labute approximate surface area is 368 Å². The summed E-state index contributed by atoms with van der Waals surface area (Å²) in [7, 11) is 0. The number of Topliss-reactive ketones (excluding diaryl/α,β-unsaturated/α-hetero) is 1. The van der Waals surface area contributed by atoms with Gasteiger partial charge in [0.2, 0.25) is 0 Å². The number of aliphatic carboxylic acids is 1. The Morgan fingerprint density at radius 3 is 2.21 bits per heavy atom. The van der Waals surface area contributed by atoms with Crippen molar-refractivity contribution in [2.24, 2.45) is 41.4 Å². The number of rotatable bonds is 14. The third-order valence-corrected chi connectivity index (χ3v) is 15.5. The molecule has 0 saturated carbocycles. The van der Waals surface area contributed by atoms with E-state index in [2.05, 4.69) is 31.4 Å². The van der Waals surface area contributed by atoms with Crippen LogP contribution >= 0.6 is 12.2 Å². The van der Waals surface area contributed by atoms with Crippen LogP contribution in [0, 0.1) is 41.4 Å². The molecular formula is C46H76N2O12S. The lowest BCUT2D eigenvalue weighted by Crippen LogP contribution is -2.66. The van der Waals surface area contributed by atoms with Gasteiger partial charge in [0, 0.05) is 30.1 Å². The van der Waals surface area contributed by atoms with Gasteiger partial charge in [-0.15, -0.1) is 0 Å². The van der Waals surface area contributed by atoms with E-state index < -0.39 is 95.1 Å². The standard InChI is InChI=1S/C46H76N2O12S/c1-12-31(40(51)52)33-17-16-25(5)38(57-33)29(9)36(49)28(8)37(50)32(13-2)39-26(6)24-27(7)45(58-39)21-18-34(47-41(61)48-42(53)55-15-4)46(60-45)23-22-43(11,59-46)35-19-20-44(54,14-3)30(10)56-35/h18,21,25-36,38-39,49,54H,12-17,19-20,22-24H2,1-11H3,(H,51,52)(H2,47,48,53,61)/t25-,26-,27+,28-,29-,30-,31+,32-,33+,34+,35+,36+,38+,39-,43-,44+,45-,46-/m0/s1. The quantitative estimate of drug-likeness (QED) is 0.0903. The molecule has 18 atom stereocenters. The highest BCUT2D eigenvalue weighted by Crippen LogP contribution is 2.54. The summed E-state index contributed by atoms with van der Waals surface area (Å²) in [5.41, 5.74) is -1.74. The molecule has 2 spiro atoms. The summed E-state index contributed by atoms with van der Waals surface area (Å²) >= 11 is 5.57. The first-order chi connectivity index (χ1) is 28.6. The van der Waals surface area contributed by atoms with Gasteiger partial charge in [0.15, 0.2) is 16.7 Å². The summed E-state index contributed by atoms with van der Waals surface area (Å²) in [5, 5.41) is 38.8. The monoisotopic (exact) mass is 881 g/mol. The summed E-state index contributed by atoms with van der Waals surface area (Å²) in [6.07, 6.45) is 5.66. The molecule has 15 heteroatoms. The van der Waals surface area contributed by atoms with E-state index in [9.17, 15) is 29.7 Å². The molecular weight excluding hydrogens is 805 g/mol. The number of alkyl carbamates (subject to hydrolysis) is 1. The van der Waals surface area contributed by atoms with Gasteiger partial charge in [-0.2, -0.15) is 0 Å². The fourth-order valence-corrected chi connectivity index (χ4v) is 11.3. The largest absolute Gasteiger partial charge is 0.481 e. The zero-order valence-electron chi connectivity index (χ0n) is 38.4. The number of carboxylic acid groups (broad SMARTS) is 1. The maximum Gasteiger partial charge on any atom is 0.413 e. The SMILES string of the molecule is CCOC(=O)NC(=S)N[C@@H]1C=C[C@]2(O[C@H]([C@@H](CC)C(=O)[C@@H](C)[C@@H](O)[C@H](C)[C@@H]3O[C@@H]([C@@H](CC)C(=O)O)CC[C@@H]3C)[C@@H](C)C[C@H]2C)O[C@@]12CC[C@@](C)([C@H]1CC[C@](O)(CC)[C@H](C)O1)O2. The van der Waals surface area contributed by atoms with E-state index in [1.54, 1.807) is 13.8 Å². The van der Waals surface area contributed by atoms with Crippen molar-refractivity contribution >= 4 is 35.2 Å². The Kier molecular flexibility index (Phi) is 16.2. The summed E-state index contributed by atoms with van der Waals surface area (Å²) in [6.45, 7) is 21.5. The van der Waals surface area contributed by atoms with Gasteiger partial charge in [-0.3, -0.25) is 14.9 Å². The molecule has 1 amide bonds. The van der Waals surface area contributed by atoms with Gasteiger partial charge in [0.25, 0.3) is 0 Å². The minimum atomic E-state index is -1.34. The van der Waals surface area contributed by atoms with Crippen molar-refractivity contribution in [3.63, 3.8) is 0 Å². The van der Waals surface area contributed by atoms with Gasteiger partial charge in [0.1, 0.15) is 11.8 Å². The Balaban J connectivity index is 1.40. The lowest BCUT2D eigenvalue weighted by atomic mass is 9.72. The molecule has 61 heavy (non-hydrogen) atoms. The number of ketones is 1. The van der Waals surface area contributed by atoms with Gasteiger partial charge < -0.3 is 49.1 Å². The predicted molar refractivity (Wildman–Crippen MR) is 232 cm³/mol. The number of amides is 1. The molecule has 0 aromatic heterocycles. The van der Waals surface area contributed by atoms with Crippen LogP contribution in [0.3, 0.4) is 0 Å². The van der Waals surface area contributed by atoms with E-state index in [1.165, 1.54) is 0 Å². The summed E-state index contributed by atoms with van der Waals surface area (Å²) in [5.74, 6) is -6.11. The second-order valence-corrected chi connectivity index (χ2v) is 19.7. The number of ether oxygens (including phenoxy) is 6. The van der Waals surface area contributed by atoms with E-state index >= 15 is 0 Å². The maximum atomic E-state index is 14.7. The average Bonchev–Trinajstić information content (AvgIpc) is 3.55. The fourth-order valence-electron chi connectivity index (χ4n) is 11.1. The number of hydrogen-bond acceptors (Lipinski definition) is 12. The summed E-state index contributed by atoms with van der Waals surface area (Å²) in [4.78, 5) is 39.0. The molecule has 0 radical (unpaired) electrons. The average molecular weight is 881 g/mol. The molecule has 0 bridgehead atoms. The summed E-state index contributed by atoms with van der Waals surface area (Å²) in [6, 6.07) is -0.663. The molecule has 0 aromatic rings. The summed E-state index contributed by atoms with van der Waals surface area (Å²) < 4.78 is 39.5. The second kappa shape index (κ2) is 19.9. The zero-order valence-corrected chi connectivity index (χ0v) is 39.3. The molecule has 5 aliphatic heterocycles. The molecule has 4 fully saturated rings. The van der Waals surface area contributed by atoms with Crippen molar-refractivity contribution in [1.82, 2.24) is 10.6 Å². The Bertz CT molecular complexity index is 1600. The van der Waals surface area contributed by atoms with Crippen LogP contribution in [0.1, 0.15) is 140 Å². The van der Waals surface area contributed by atoms with Gasteiger partial charge in [-0.1, -0.05) is 61.5 Å². The lowest BCUT2D eigenvalue weighted by molar-refractivity contribution is -0.397. The molecule has 0 aromatic carbocycles. The molecule has 348 valence electrons. The molecule has 5 heterocycles. The van der Waals surface area contributed by atoms with Gasteiger partial charge in [-0.25, -0.2) is 4.79 Å². The van der Waals surface area contributed by atoms with Crippen LogP contribution in [-0.4, -0.2) is 110 Å². The maximum absolute atomic E-state index is 14.7. The third kappa shape index (κ3) is 10.2. The normalized spacial score (nSPS) is 41.4. The van der Waals surface area contributed by atoms with Gasteiger partial charge in [-0.05, 0) is 109 Å². The smallest absolute Gasteiger partial charge is 0.413 e. The number of carboxylic acids is 1. The molecule has 14 nitrogen and oxygen atoms in total. The number of aliphatic hydroxyl groups is 2. The minimum Gasteiger partial charge on any atom is -0.481 e.